The Hall–Kier alpha value is -1.64. The lowest BCUT2D eigenvalue weighted by Gasteiger charge is -2.31. The molecule has 0 unspecified atom stereocenters. The Morgan fingerprint density at radius 1 is 0.750 bits per heavy atom. The Kier molecular flexibility index (Phi) is 3.06. The molecule has 1 N–H and O–H groups in total. The SMILES string of the molecule is c1ccc2c(c1)-c1ccccc1C2NN1CCCCC1. The lowest BCUT2D eigenvalue weighted by Crippen LogP contribution is -2.43. The minimum atomic E-state index is 0.320. The van der Waals surface area contributed by atoms with Gasteiger partial charge in [0.25, 0.3) is 0 Å². The van der Waals surface area contributed by atoms with E-state index in [0.717, 1.165) is 0 Å². The molecule has 2 heteroatoms. The highest BCUT2D eigenvalue weighted by Gasteiger charge is 2.29. The fraction of sp³-hybridized carbons (Fsp3) is 0.333. The minimum Gasteiger partial charge on any atom is -0.244 e. The number of piperidine rings is 1. The van der Waals surface area contributed by atoms with Crippen molar-refractivity contribution in [2.24, 2.45) is 0 Å². The van der Waals surface area contributed by atoms with Gasteiger partial charge in [0.15, 0.2) is 0 Å². The van der Waals surface area contributed by atoms with Crippen LogP contribution in [0.1, 0.15) is 36.4 Å². The number of rotatable bonds is 2. The monoisotopic (exact) mass is 264 g/mol. The van der Waals surface area contributed by atoms with Crippen molar-refractivity contribution in [1.82, 2.24) is 10.4 Å². The lowest BCUT2D eigenvalue weighted by atomic mass is 10.1. The zero-order valence-electron chi connectivity index (χ0n) is 11.7. The molecule has 1 aliphatic heterocycles. The van der Waals surface area contributed by atoms with Crippen LogP contribution in [0, 0.1) is 0 Å². The summed E-state index contributed by atoms with van der Waals surface area (Å²) in [5, 5.41) is 2.41. The van der Waals surface area contributed by atoms with Gasteiger partial charge in [-0.3, -0.25) is 0 Å². The van der Waals surface area contributed by atoms with Crippen LogP contribution in [0.2, 0.25) is 0 Å². The summed E-state index contributed by atoms with van der Waals surface area (Å²) in [6.45, 7) is 2.33. The van der Waals surface area contributed by atoms with E-state index in [-0.39, 0.29) is 0 Å². The largest absolute Gasteiger partial charge is 0.244 e. The predicted octanol–water partition coefficient (Wildman–Crippen LogP) is 3.75. The highest BCUT2D eigenvalue weighted by molar-refractivity contribution is 5.78. The third kappa shape index (κ3) is 1.96. The van der Waals surface area contributed by atoms with Crippen molar-refractivity contribution in [1.29, 1.82) is 0 Å². The van der Waals surface area contributed by atoms with Gasteiger partial charge >= 0.3 is 0 Å². The normalized spacial score (nSPS) is 18.8. The van der Waals surface area contributed by atoms with E-state index in [2.05, 4.69) is 59.0 Å². The van der Waals surface area contributed by atoms with Crippen LogP contribution in [0.15, 0.2) is 48.5 Å². The van der Waals surface area contributed by atoms with E-state index in [1.807, 2.05) is 0 Å². The van der Waals surface area contributed by atoms with Gasteiger partial charge in [-0.2, -0.15) is 0 Å². The van der Waals surface area contributed by atoms with Crippen LogP contribution in [0.25, 0.3) is 11.1 Å². The maximum absolute atomic E-state index is 3.76. The zero-order valence-corrected chi connectivity index (χ0v) is 11.7. The molecule has 0 saturated carbocycles. The average Bonchev–Trinajstić information content (AvgIpc) is 2.84. The first-order valence-electron chi connectivity index (χ1n) is 7.63. The number of nitrogens with zero attached hydrogens (tertiary/aromatic N) is 1. The summed E-state index contributed by atoms with van der Waals surface area (Å²) in [7, 11) is 0. The highest BCUT2D eigenvalue weighted by Crippen LogP contribution is 2.43. The Labute approximate surface area is 120 Å². The number of nitrogens with one attached hydrogen (secondary N) is 1. The van der Waals surface area contributed by atoms with Crippen molar-refractivity contribution in [3.8, 4) is 11.1 Å². The molecular formula is C18H20N2. The van der Waals surface area contributed by atoms with Crippen LogP contribution in [-0.2, 0) is 0 Å². The van der Waals surface area contributed by atoms with Crippen LogP contribution < -0.4 is 5.43 Å². The first kappa shape index (κ1) is 12.1. The Morgan fingerprint density at radius 2 is 1.30 bits per heavy atom. The van der Waals surface area contributed by atoms with Gasteiger partial charge in [0.1, 0.15) is 0 Å². The van der Waals surface area contributed by atoms with Crippen molar-refractivity contribution in [3.05, 3.63) is 59.7 Å². The summed E-state index contributed by atoms with van der Waals surface area (Å²) in [5.74, 6) is 0. The Morgan fingerprint density at radius 3 is 1.90 bits per heavy atom. The van der Waals surface area contributed by atoms with Gasteiger partial charge in [-0.05, 0) is 35.1 Å². The predicted molar refractivity (Wildman–Crippen MR) is 82.3 cm³/mol. The molecule has 0 spiro atoms. The molecule has 0 bridgehead atoms. The second kappa shape index (κ2) is 5.04. The Balaban J connectivity index is 1.71. The summed E-state index contributed by atoms with van der Waals surface area (Å²) in [5.41, 5.74) is 9.37. The highest BCUT2D eigenvalue weighted by atomic mass is 15.5. The van der Waals surface area contributed by atoms with Gasteiger partial charge < -0.3 is 0 Å². The summed E-state index contributed by atoms with van der Waals surface area (Å²) in [6.07, 6.45) is 3.99. The van der Waals surface area contributed by atoms with E-state index in [1.165, 1.54) is 54.6 Å². The quantitative estimate of drug-likeness (QED) is 0.888. The molecule has 2 aliphatic rings. The van der Waals surface area contributed by atoms with Gasteiger partial charge in [-0.1, -0.05) is 55.0 Å². The number of hydrazine groups is 1. The Bertz CT molecular complexity index is 569. The van der Waals surface area contributed by atoms with Gasteiger partial charge in [-0.15, -0.1) is 0 Å². The van der Waals surface area contributed by atoms with Crippen molar-refractivity contribution in [3.63, 3.8) is 0 Å². The molecule has 2 aromatic rings. The van der Waals surface area contributed by atoms with Crippen molar-refractivity contribution in [2.75, 3.05) is 13.1 Å². The van der Waals surface area contributed by atoms with Gasteiger partial charge in [-0.25, -0.2) is 10.4 Å². The zero-order chi connectivity index (χ0) is 13.4. The maximum Gasteiger partial charge on any atom is 0.0726 e. The van der Waals surface area contributed by atoms with Crippen LogP contribution in [0.3, 0.4) is 0 Å². The van der Waals surface area contributed by atoms with E-state index in [9.17, 15) is 0 Å². The minimum absolute atomic E-state index is 0.320. The average molecular weight is 264 g/mol. The number of hydrogen-bond donors (Lipinski definition) is 1. The van der Waals surface area contributed by atoms with Crippen LogP contribution >= 0.6 is 0 Å². The van der Waals surface area contributed by atoms with Crippen LogP contribution in [-0.4, -0.2) is 18.1 Å². The van der Waals surface area contributed by atoms with Gasteiger partial charge in [0.2, 0.25) is 0 Å². The van der Waals surface area contributed by atoms with Crippen molar-refractivity contribution in [2.45, 2.75) is 25.3 Å². The van der Waals surface area contributed by atoms with Crippen molar-refractivity contribution < 1.29 is 0 Å². The molecule has 1 fully saturated rings. The second-order valence-electron chi connectivity index (χ2n) is 5.78. The molecule has 4 rings (SSSR count). The molecule has 102 valence electrons. The molecule has 2 nitrogen and oxygen atoms in total. The molecular weight excluding hydrogens is 244 g/mol. The van der Waals surface area contributed by atoms with Crippen molar-refractivity contribution >= 4 is 0 Å². The molecule has 0 atom stereocenters. The summed E-state index contributed by atoms with van der Waals surface area (Å²) >= 11 is 0. The molecule has 0 aromatic heterocycles. The van der Waals surface area contributed by atoms with E-state index in [0.29, 0.717) is 6.04 Å². The molecule has 0 radical (unpaired) electrons. The number of fused-ring (bicyclic) bond motifs is 3. The third-order valence-corrected chi connectivity index (χ3v) is 4.50. The van der Waals surface area contributed by atoms with E-state index >= 15 is 0 Å². The summed E-state index contributed by atoms with van der Waals surface area (Å²) < 4.78 is 0. The van der Waals surface area contributed by atoms with Crippen LogP contribution in [0.4, 0.5) is 0 Å². The molecule has 2 aromatic carbocycles. The molecule has 1 heterocycles. The topological polar surface area (TPSA) is 15.3 Å². The van der Waals surface area contributed by atoms with Gasteiger partial charge in [0.05, 0.1) is 6.04 Å². The fourth-order valence-electron chi connectivity index (χ4n) is 3.50. The first-order valence-corrected chi connectivity index (χ1v) is 7.63. The van der Waals surface area contributed by atoms with E-state index in [1.54, 1.807) is 0 Å². The lowest BCUT2D eigenvalue weighted by molar-refractivity contribution is 0.139. The third-order valence-electron chi connectivity index (χ3n) is 4.50. The van der Waals surface area contributed by atoms with E-state index < -0.39 is 0 Å². The number of benzene rings is 2. The smallest absolute Gasteiger partial charge is 0.0726 e. The van der Waals surface area contributed by atoms with E-state index in [4.69, 9.17) is 0 Å². The molecule has 20 heavy (non-hydrogen) atoms. The maximum atomic E-state index is 3.76. The molecule has 1 aliphatic carbocycles. The molecule has 1 saturated heterocycles. The standard InChI is InChI=1S/C18H20N2/c1-6-12-20(13-7-1)19-18-16-10-4-2-8-14(16)15-9-3-5-11-17(15)18/h2-5,8-11,18-19H,1,6-7,12-13H2. The summed E-state index contributed by atoms with van der Waals surface area (Å²) in [4.78, 5) is 0. The van der Waals surface area contributed by atoms with Gasteiger partial charge in [0, 0.05) is 13.1 Å². The first-order chi connectivity index (χ1) is 9.93. The summed E-state index contributed by atoms with van der Waals surface area (Å²) in [6, 6.07) is 17.9. The molecule has 0 amide bonds. The number of hydrogen-bond acceptors (Lipinski definition) is 2. The second-order valence-corrected chi connectivity index (χ2v) is 5.78. The van der Waals surface area contributed by atoms with Crippen LogP contribution in [0.5, 0.6) is 0 Å². The fourth-order valence-corrected chi connectivity index (χ4v) is 3.50.